The molecule has 2 aliphatic rings. The van der Waals surface area contributed by atoms with Gasteiger partial charge in [0, 0.05) is 54.0 Å². The molecule has 2 aliphatic heterocycles. The van der Waals surface area contributed by atoms with E-state index in [1.807, 2.05) is 12.1 Å². The van der Waals surface area contributed by atoms with Gasteiger partial charge in [0.25, 0.3) is 0 Å². The van der Waals surface area contributed by atoms with Gasteiger partial charge in [-0.15, -0.1) is 0 Å². The van der Waals surface area contributed by atoms with Crippen LogP contribution in [0.2, 0.25) is 10.0 Å². The van der Waals surface area contributed by atoms with E-state index >= 15 is 0 Å². The molecule has 1 atom stereocenters. The van der Waals surface area contributed by atoms with Crippen LogP contribution in [-0.4, -0.2) is 60.5 Å². The molecule has 29 heavy (non-hydrogen) atoms. The van der Waals surface area contributed by atoms with Crippen molar-refractivity contribution in [2.45, 2.75) is 24.8 Å². The zero-order chi connectivity index (χ0) is 20.2. The highest BCUT2D eigenvalue weighted by Crippen LogP contribution is 2.32. The third-order valence-electron chi connectivity index (χ3n) is 5.43. The number of amides is 1. The van der Waals surface area contributed by atoms with Crippen molar-refractivity contribution in [2.24, 2.45) is 0 Å². The molecule has 2 fully saturated rings. The average molecular weight is 439 g/mol. The quantitative estimate of drug-likeness (QED) is 0.744. The molecule has 7 nitrogen and oxygen atoms in total. The molecule has 0 spiro atoms. The second kappa shape index (κ2) is 9.45. The maximum atomic E-state index is 13.3. The van der Waals surface area contributed by atoms with E-state index in [-0.39, 0.29) is 5.91 Å². The SMILES string of the molecule is O=C(Nc1cc(C2CCOCC2)[nH]n1)C(c1ccc(Cl)cc1Cl)N1CCOCC1. The predicted molar refractivity (Wildman–Crippen MR) is 112 cm³/mol. The molecule has 1 unspecified atom stereocenters. The molecule has 1 aromatic carbocycles. The summed E-state index contributed by atoms with van der Waals surface area (Å²) in [5.74, 6) is 0.712. The van der Waals surface area contributed by atoms with E-state index in [1.165, 1.54) is 0 Å². The Morgan fingerprint density at radius 1 is 1.14 bits per heavy atom. The van der Waals surface area contributed by atoms with Crippen molar-refractivity contribution in [2.75, 3.05) is 44.8 Å². The fraction of sp³-hybridized carbons (Fsp3) is 0.500. The Balaban J connectivity index is 1.54. The van der Waals surface area contributed by atoms with Gasteiger partial charge in [0.05, 0.1) is 13.2 Å². The van der Waals surface area contributed by atoms with Crippen LogP contribution < -0.4 is 5.32 Å². The van der Waals surface area contributed by atoms with Gasteiger partial charge < -0.3 is 14.8 Å². The van der Waals surface area contributed by atoms with Crippen molar-refractivity contribution in [1.29, 1.82) is 0 Å². The third-order valence-corrected chi connectivity index (χ3v) is 5.99. The van der Waals surface area contributed by atoms with Crippen LogP contribution in [0.5, 0.6) is 0 Å². The molecule has 4 rings (SSSR count). The minimum absolute atomic E-state index is 0.179. The number of rotatable bonds is 5. The number of hydrogen-bond acceptors (Lipinski definition) is 5. The van der Waals surface area contributed by atoms with Crippen molar-refractivity contribution in [3.8, 4) is 0 Å². The lowest BCUT2D eigenvalue weighted by atomic mass is 9.97. The van der Waals surface area contributed by atoms with Crippen molar-refractivity contribution in [3.05, 3.63) is 45.6 Å². The van der Waals surface area contributed by atoms with E-state index in [9.17, 15) is 4.79 Å². The van der Waals surface area contributed by atoms with Crippen LogP contribution in [0.25, 0.3) is 0 Å². The zero-order valence-corrected chi connectivity index (χ0v) is 17.5. The number of anilines is 1. The van der Waals surface area contributed by atoms with Gasteiger partial charge in [-0.05, 0) is 30.5 Å². The first kappa shape index (κ1) is 20.6. The number of H-pyrrole nitrogens is 1. The lowest BCUT2D eigenvalue weighted by molar-refractivity contribution is -0.123. The Labute approximate surface area is 179 Å². The normalized spacial score (nSPS) is 19.8. The third kappa shape index (κ3) is 4.92. The van der Waals surface area contributed by atoms with Crippen LogP contribution in [0.1, 0.15) is 36.1 Å². The summed E-state index contributed by atoms with van der Waals surface area (Å²) < 4.78 is 10.9. The summed E-state index contributed by atoms with van der Waals surface area (Å²) in [7, 11) is 0. The highest BCUT2D eigenvalue weighted by Gasteiger charge is 2.31. The summed E-state index contributed by atoms with van der Waals surface area (Å²) in [6, 6.07) is 6.58. The molecule has 2 saturated heterocycles. The van der Waals surface area contributed by atoms with Gasteiger partial charge in [0.2, 0.25) is 5.91 Å². The van der Waals surface area contributed by atoms with Crippen molar-refractivity contribution >= 4 is 34.9 Å². The van der Waals surface area contributed by atoms with Crippen molar-refractivity contribution < 1.29 is 14.3 Å². The maximum absolute atomic E-state index is 13.3. The number of carbonyl (C=O) groups excluding carboxylic acids is 1. The maximum Gasteiger partial charge on any atom is 0.247 e. The van der Waals surface area contributed by atoms with E-state index in [1.54, 1.807) is 12.1 Å². The zero-order valence-electron chi connectivity index (χ0n) is 16.0. The number of hydrogen-bond donors (Lipinski definition) is 2. The monoisotopic (exact) mass is 438 g/mol. The van der Waals surface area contributed by atoms with E-state index in [0.29, 0.717) is 48.1 Å². The molecule has 0 bridgehead atoms. The lowest BCUT2D eigenvalue weighted by Gasteiger charge is -2.34. The van der Waals surface area contributed by atoms with Crippen LogP contribution >= 0.6 is 23.2 Å². The van der Waals surface area contributed by atoms with Crippen LogP contribution in [0.4, 0.5) is 5.82 Å². The summed E-state index contributed by atoms with van der Waals surface area (Å²) >= 11 is 12.5. The number of benzene rings is 1. The molecular weight excluding hydrogens is 415 g/mol. The number of nitrogens with zero attached hydrogens (tertiary/aromatic N) is 2. The fourth-order valence-electron chi connectivity index (χ4n) is 3.88. The minimum Gasteiger partial charge on any atom is -0.381 e. The number of aromatic amines is 1. The largest absolute Gasteiger partial charge is 0.381 e. The number of carbonyl (C=O) groups is 1. The van der Waals surface area contributed by atoms with Crippen LogP contribution in [0.15, 0.2) is 24.3 Å². The van der Waals surface area contributed by atoms with Crippen molar-refractivity contribution in [3.63, 3.8) is 0 Å². The van der Waals surface area contributed by atoms with Gasteiger partial charge in [0.15, 0.2) is 5.82 Å². The smallest absolute Gasteiger partial charge is 0.247 e. The summed E-state index contributed by atoms with van der Waals surface area (Å²) in [5.41, 5.74) is 1.74. The summed E-state index contributed by atoms with van der Waals surface area (Å²) in [4.78, 5) is 15.3. The van der Waals surface area contributed by atoms with Gasteiger partial charge in [-0.3, -0.25) is 14.8 Å². The fourth-order valence-corrected chi connectivity index (χ4v) is 4.39. The van der Waals surface area contributed by atoms with Gasteiger partial charge in [-0.25, -0.2) is 0 Å². The Hall–Kier alpha value is -1.64. The number of nitrogens with one attached hydrogen (secondary N) is 2. The first-order chi connectivity index (χ1) is 14.1. The standard InChI is InChI=1S/C20H24Cl2N4O3/c21-14-1-2-15(16(22)11-14)19(26-5-9-29-10-6-26)20(27)23-18-12-17(24-25-18)13-3-7-28-8-4-13/h1-2,11-13,19H,3-10H2,(H2,23,24,25,27). The molecule has 3 heterocycles. The molecule has 2 aromatic rings. The van der Waals surface area contributed by atoms with Gasteiger partial charge in [-0.2, -0.15) is 5.10 Å². The molecular formula is C20H24Cl2N4O3. The second-order valence-electron chi connectivity index (χ2n) is 7.30. The summed E-state index contributed by atoms with van der Waals surface area (Å²) in [6.45, 7) is 3.94. The molecule has 156 valence electrons. The molecule has 0 saturated carbocycles. The Bertz CT molecular complexity index is 848. The summed E-state index contributed by atoms with van der Waals surface area (Å²) in [6.07, 6.45) is 1.90. The van der Waals surface area contributed by atoms with Gasteiger partial charge in [-0.1, -0.05) is 29.3 Å². The van der Waals surface area contributed by atoms with E-state index < -0.39 is 6.04 Å². The molecule has 0 aliphatic carbocycles. The number of aromatic nitrogens is 2. The first-order valence-electron chi connectivity index (χ1n) is 9.82. The number of morpholine rings is 1. The predicted octanol–water partition coefficient (Wildman–Crippen LogP) is 3.62. The topological polar surface area (TPSA) is 79.5 Å². The molecule has 1 amide bonds. The van der Waals surface area contributed by atoms with Gasteiger partial charge >= 0.3 is 0 Å². The second-order valence-corrected chi connectivity index (χ2v) is 8.14. The molecule has 1 aromatic heterocycles. The Morgan fingerprint density at radius 2 is 1.86 bits per heavy atom. The minimum atomic E-state index is -0.549. The highest BCUT2D eigenvalue weighted by molar-refractivity contribution is 6.35. The molecule has 0 radical (unpaired) electrons. The Morgan fingerprint density at radius 3 is 2.59 bits per heavy atom. The van der Waals surface area contributed by atoms with Crippen LogP contribution in [-0.2, 0) is 14.3 Å². The molecule has 2 N–H and O–H groups in total. The highest BCUT2D eigenvalue weighted by atomic mass is 35.5. The lowest BCUT2D eigenvalue weighted by Crippen LogP contribution is -2.44. The van der Waals surface area contributed by atoms with E-state index in [4.69, 9.17) is 32.7 Å². The van der Waals surface area contributed by atoms with Crippen LogP contribution in [0.3, 0.4) is 0 Å². The van der Waals surface area contributed by atoms with Crippen molar-refractivity contribution in [1.82, 2.24) is 15.1 Å². The number of ether oxygens (including phenoxy) is 2. The molecule has 9 heteroatoms. The number of halogens is 2. The van der Waals surface area contributed by atoms with E-state index in [0.717, 1.165) is 37.3 Å². The van der Waals surface area contributed by atoms with E-state index in [2.05, 4.69) is 20.4 Å². The van der Waals surface area contributed by atoms with Crippen LogP contribution in [0, 0.1) is 0 Å². The first-order valence-corrected chi connectivity index (χ1v) is 10.6. The van der Waals surface area contributed by atoms with Gasteiger partial charge in [0.1, 0.15) is 6.04 Å². The Kier molecular flexibility index (Phi) is 6.72. The average Bonchev–Trinajstić information content (AvgIpc) is 3.20. The summed E-state index contributed by atoms with van der Waals surface area (Å²) in [5, 5.41) is 11.3.